The number of ether oxygens (including phenoxy) is 1. The Bertz CT molecular complexity index is 370. The van der Waals surface area contributed by atoms with E-state index in [-0.39, 0.29) is 0 Å². The van der Waals surface area contributed by atoms with Crippen LogP contribution in [0.5, 0.6) is 0 Å². The maximum absolute atomic E-state index is 11.1. The third-order valence-corrected chi connectivity index (χ3v) is 2.48. The Labute approximate surface area is 87.4 Å². The second-order valence-corrected chi connectivity index (χ2v) is 3.68. The SMILES string of the molecule is COCCn1nnc(C(N)=O)c1C1CC1. The Morgan fingerprint density at radius 2 is 2.40 bits per heavy atom. The van der Waals surface area contributed by atoms with Crippen LogP contribution in [0.1, 0.15) is 34.9 Å². The Kier molecular flexibility index (Phi) is 2.68. The summed E-state index contributed by atoms with van der Waals surface area (Å²) in [6.45, 7) is 1.17. The van der Waals surface area contributed by atoms with Gasteiger partial charge in [-0.2, -0.15) is 0 Å². The van der Waals surface area contributed by atoms with E-state index in [4.69, 9.17) is 10.5 Å². The van der Waals surface area contributed by atoms with Gasteiger partial charge in [0.1, 0.15) is 0 Å². The van der Waals surface area contributed by atoms with E-state index in [0.717, 1.165) is 18.5 Å². The highest BCUT2D eigenvalue weighted by Crippen LogP contribution is 2.40. The second kappa shape index (κ2) is 3.98. The summed E-state index contributed by atoms with van der Waals surface area (Å²) in [6, 6.07) is 0. The van der Waals surface area contributed by atoms with E-state index in [9.17, 15) is 4.79 Å². The number of methoxy groups -OCH3 is 1. The first-order valence-corrected chi connectivity index (χ1v) is 4.96. The number of carbonyl (C=O) groups excluding carboxylic acids is 1. The van der Waals surface area contributed by atoms with E-state index in [0.29, 0.717) is 24.8 Å². The van der Waals surface area contributed by atoms with Crippen LogP contribution in [0.2, 0.25) is 0 Å². The van der Waals surface area contributed by atoms with E-state index in [1.54, 1.807) is 11.8 Å². The zero-order valence-electron chi connectivity index (χ0n) is 8.64. The van der Waals surface area contributed by atoms with Crippen LogP contribution < -0.4 is 5.73 Å². The lowest BCUT2D eigenvalue weighted by atomic mass is 10.2. The molecule has 6 heteroatoms. The molecular weight excluding hydrogens is 196 g/mol. The Balaban J connectivity index is 2.25. The number of aromatic nitrogens is 3. The van der Waals surface area contributed by atoms with Gasteiger partial charge in [0, 0.05) is 13.0 Å². The molecule has 0 radical (unpaired) electrons. The molecule has 1 aliphatic carbocycles. The molecule has 6 nitrogen and oxygen atoms in total. The molecule has 1 heterocycles. The summed E-state index contributed by atoms with van der Waals surface area (Å²) in [6.07, 6.45) is 2.17. The zero-order chi connectivity index (χ0) is 10.8. The number of nitrogens with two attached hydrogens (primary N) is 1. The van der Waals surface area contributed by atoms with E-state index in [1.807, 2.05) is 0 Å². The minimum Gasteiger partial charge on any atom is -0.383 e. The van der Waals surface area contributed by atoms with Crippen molar-refractivity contribution in [3.8, 4) is 0 Å². The molecule has 0 saturated heterocycles. The van der Waals surface area contributed by atoms with E-state index >= 15 is 0 Å². The van der Waals surface area contributed by atoms with Crippen LogP contribution in [0.4, 0.5) is 0 Å². The van der Waals surface area contributed by atoms with Crippen LogP contribution in [-0.4, -0.2) is 34.6 Å². The third-order valence-electron chi connectivity index (χ3n) is 2.48. The summed E-state index contributed by atoms with van der Waals surface area (Å²) in [7, 11) is 1.63. The zero-order valence-corrected chi connectivity index (χ0v) is 8.64. The summed E-state index contributed by atoms with van der Waals surface area (Å²) in [4.78, 5) is 11.1. The van der Waals surface area contributed by atoms with E-state index in [1.165, 1.54) is 0 Å². The van der Waals surface area contributed by atoms with Gasteiger partial charge >= 0.3 is 0 Å². The van der Waals surface area contributed by atoms with Gasteiger partial charge in [0.05, 0.1) is 18.8 Å². The Hall–Kier alpha value is -1.43. The van der Waals surface area contributed by atoms with Crippen molar-refractivity contribution in [1.29, 1.82) is 0 Å². The van der Waals surface area contributed by atoms with Crippen LogP contribution in [0, 0.1) is 0 Å². The molecule has 0 aromatic carbocycles. The predicted molar refractivity (Wildman–Crippen MR) is 52.4 cm³/mol. The molecule has 1 aliphatic rings. The van der Waals surface area contributed by atoms with Crippen molar-refractivity contribution in [2.45, 2.75) is 25.3 Å². The maximum Gasteiger partial charge on any atom is 0.271 e. The summed E-state index contributed by atoms with van der Waals surface area (Å²) >= 11 is 0. The van der Waals surface area contributed by atoms with E-state index < -0.39 is 5.91 Å². The number of rotatable bonds is 5. The lowest BCUT2D eigenvalue weighted by molar-refractivity contribution is 0.0994. The standard InChI is InChI=1S/C9H14N4O2/c1-15-5-4-13-8(6-2-3-6)7(9(10)14)11-12-13/h6H,2-5H2,1H3,(H2,10,14). The minimum atomic E-state index is -0.499. The number of nitrogens with zero attached hydrogens (tertiary/aromatic N) is 3. The van der Waals surface area contributed by atoms with Crippen LogP contribution in [0.15, 0.2) is 0 Å². The monoisotopic (exact) mass is 210 g/mol. The average Bonchev–Trinajstić information content (AvgIpc) is 2.95. The molecule has 1 fully saturated rings. The van der Waals surface area contributed by atoms with Crippen molar-refractivity contribution < 1.29 is 9.53 Å². The van der Waals surface area contributed by atoms with Crippen LogP contribution in [0.3, 0.4) is 0 Å². The first kappa shape index (κ1) is 10.1. The van der Waals surface area contributed by atoms with Crippen LogP contribution >= 0.6 is 0 Å². The smallest absolute Gasteiger partial charge is 0.271 e. The molecule has 2 N–H and O–H groups in total. The molecule has 0 bridgehead atoms. The molecule has 0 spiro atoms. The van der Waals surface area contributed by atoms with E-state index in [2.05, 4.69) is 10.3 Å². The molecule has 15 heavy (non-hydrogen) atoms. The molecule has 1 aromatic rings. The highest BCUT2D eigenvalue weighted by atomic mass is 16.5. The fraction of sp³-hybridized carbons (Fsp3) is 0.667. The van der Waals surface area contributed by atoms with Crippen molar-refractivity contribution >= 4 is 5.91 Å². The lowest BCUT2D eigenvalue weighted by Crippen LogP contribution is -2.15. The minimum absolute atomic E-state index is 0.314. The highest BCUT2D eigenvalue weighted by Gasteiger charge is 2.32. The van der Waals surface area contributed by atoms with Crippen molar-refractivity contribution in [3.63, 3.8) is 0 Å². The van der Waals surface area contributed by atoms with Crippen molar-refractivity contribution in [1.82, 2.24) is 15.0 Å². The number of hydrogen-bond acceptors (Lipinski definition) is 4. The predicted octanol–water partition coefficient (Wildman–Crippen LogP) is -0.0992. The summed E-state index contributed by atoms with van der Waals surface area (Å²) in [5.74, 6) is -0.0973. The van der Waals surface area contributed by atoms with Crippen molar-refractivity contribution in [2.24, 2.45) is 5.73 Å². The van der Waals surface area contributed by atoms with Crippen LogP contribution in [0.25, 0.3) is 0 Å². The first-order chi connectivity index (χ1) is 7.24. The average molecular weight is 210 g/mol. The largest absolute Gasteiger partial charge is 0.383 e. The Morgan fingerprint density at radius 3 is 2.93 bits per heavy atom. The number of primary amides is 1. The maximum atomic E-state index is 11.1. The van der Waals surface area contributed by atoms with Gasteiger partial charge in [-0.25, -0.2) is 4.68 Å². The van der Waals surface area contributed by atoms with Gasteiger partial charge in [0.15, 0.2) is 5.69 Å². The quantitative estimate of drug-likeness (QED) is 0.735. The summed E-state index contributed by atoms with van der Waals surface area (Å²) in [5.41, 5.74) is 6.42. The lowest BCUT2D eigenvalue weighted by Gasteiger charge is -2.04. The topological polar surface area (TPSA) is 83.0 Å². The molecule has 1 saturated carbocycles. The first-order valence-electron chi connectivity index (χ1n) is 4.96. The summed E-state index contributed by atoms with van der Waals surface area (Å²) in [5, 5.41) is 7.73. The Morgan fingerprint density at radius 1 is 1.67 bits per heavy atom. The molecule has 0 atom stereocenters. The number of carbonyl (C=O) groups is 1. The van der Waals surface area contributed by atoms with Crippen molar-refractivity contribution in [3.05, 3.63) is 11.4 Å². The molecule has 0 unspecified atom stereocenters. The molecule has 2 rings (SSSR count). The van der Waals surface area contributed by atoms with Gasteiger partial charge in [-0.05, 0) is 12.8 Å². The highest BCUT2D eigenvalue weighted by molar-refractivity contribution is 5.92. The van der Waals surface area contributed by atoms with Gasteiger partial charge in [-0.3, -0.25) is 4.79 Å². The fourth-order valence-corrected chi connectivity index (χ4v) is 1.60. The van der Waals surface area contributed by atoms with Gasteiger partial charge in [0.25, 0.3) is 5.91 Å². The molecule has 1 aromatic heterocycles. The molecule has 1 amide bonds. The second-order valence-electron chi connectivity index (χ2n) is 3.68. The molecule has 82 valence electrons. The molecule has 0 aliphatic heterocycles. The van der Waals surface area contributed by atoms with Gasteiger partial charge in [0.2, 0.25) is 0 Å². The third kappa shape index (κ3) is 1.99. The fourth-order valence-electron chi connectivity index (χ4n) is 1.60. The van der Waals surface area contributed by atoms with Gasteiger partial charge < -0.3 is 10.5 Å². The molecular formula is C9H14N4O2. The normalized spacial score (nSPS) is 15.5. The van der Waals surface area contributed by atoms with Gasteiger partial charge in [-0.15, -0.1) is 5.10 Å². The van der Waals surface area contributed by atoms with Crippen molar-refractivity contribution in [2.75, 3.05) is 13.7 Å². The number of hydrogen-bond donors (Lipinski definition) is 1. The summed E-state index contributed by atoms with van der Waals surface area (Å²) < 4.78 is 6.69. The number of amides is 1. The van der Waals surface area contributed by atoms with Crippen LogP contribution in [-0.2, 0) is 11.3 Å². The van der Waals surface area contributed by atoms with Gasteiger partial charge in [-0.1, -0.05) is 5.21 Å².